The van der Waals surface area contributed by atoms with Crippen LogP contribution in [0.5, 0.6) is 0 Å². The first-order chi connectivity index (χ1) is 7.37. The summed E-state index contributed by atoms with van der Waals surface area (Å²) in [7, 11) is -2.65. The molecule has 2 heterocycles. The molecule has 16 heavy (non-hydrogen) atoms. The molecule has 8 heteroatoms. The molecule has 1 aliphatic rings. The number of aliphatic hydroxyl groups is 1. The molecule has 1 aliphatic heterocycles. The Morgan fingerprint density at radius 3 is 2.69 bits per heavy atom. The summed E-state index contributed by atoms with van der Waals surface area (Å²) in [6, 6.07) is -1.47. The van der Waals surface area contributed by atoms with E-state index in [0.29, 0.717) is 4.31 Å². The van der Waals surface area contributed by atoms with Gasteiger partial charge in [0.1, 0.15) is 6.10 Å². The van der Waals surface area contributed by atoms with Gasteiger partial charge < -0.3 is 10.2 Å². The minimum absolute atomic E-state index is 0.00926. The molecular formula is C8H9NO5S2. The first kappa shape index (κ1) is 11.5. The van der Waals surface area contributed by atoms with Gasteiger partial charge in [-0.25, -0.2) is 8.42 Å². The number of thiophene rings is 1. The second-order valence-corrected chi connectivity index (χ2v) is 6.15. The van der Waals surface area contributed by atoms with Gasteiger partial charge in [0.25, 0.3) is 0 Å². The SMILES string of the molecule is CN1C(C(=O)O)C(O)c2cscc2S1(=O)=O. The Balaban J connectivity index is 2.67. The van der Waals surface area contributed by atoms with Crippen LogP contribution in [0.25, 0.3) is 0 Å². The van der Waals surface area contributed by atoms with Crippen LogP contribution in [-0.2, 0) is 14.8 Å². The summed E-state index contributed by atoms with van der Waals surface area (Å²) in [5.41, 5.74) is 0.163. The highest BCUT2D eigenvalue weighted by molar-refractivity contribution is 7.89. The number of carboxylic acid groups (broad SMARTS) is 1. The molecule has 0 radical (unpaired) electrons. The molecular weight excluding hydrogens is 254 g/mol. The second-order valence-electron chi connectivity index (χ2n) is 3.44. The van der Waals surface area contributed by atoms with Gasteiger partial charge in [-0.2, -0.15) is 15.6 Å². The van der Waals surface area contributed by atoms with Crippen LogP contribution in [0.3, 0.4) is 0 Å². The summed E-state index contributed by atoms with van der Waals surface area (Å²) in [4.78, 5) is 10.9. The summed E-state index contributed by atoms with van der Waals surface area (Å²) in [5, 5.41) is 21.6. The van der Waals surface area contributed by atoms with Crippen LogP contribution in [-0.4, -0.2) is 42.0 Å². The Bertz CT molecular complexity index is 534. The molecule has 0 bridgehead atoms. The van der Waals surface area contributed by atoms with Crippen molar-refractivity contribution in [2.45, 2.75) is 17.0 Å². The van der Waals surface area contributed by atoms with Crippen molar-refractivity contribution in [2.75, 3.05) is 7.05 Å². The van der Waals surface area contributed by atoms with Gasteiger partial charge in [-0.05, 0) is 5.38 Å². The van der Waals surface area contributed by atoms with Crippen molar-refractivity contribution in [1.29, 1.82) is 0 Å². The summed E-state index contributed by atoms with van der Waals surface area (Å²) in [6.45, 7) is 0. The van der Waals surface area contributed by atoms with Crippen LogP contribution in [0.2, 0.25) is 0 Å². The second kappa shape index (κ2) is 3.52. The smallest absolute Gasteiger partial charge is 0.325 e. The van der Waals surface area contributed by atoms with Crippen molar-refractivity contribution in [3.8, 4) is 0 Å². The standard InChI is InChI=1S/C8H9NO5S2/c1-9-6(8(11)12)7(10)4-2-15-3-5(4)16(9,13)14/h2-3,6-7,10H,1H3,(H,11,12). The van der Waals surface area contributed by atoms with E-state index in [9.17, 15) is 18.3 Å². The van der Waals surface area contributed by atoms with Gasteiger partial charge in [-0.15, -0.1) is 0 Å². The van der Waals surface area contributed by atoms with E-state index in [-0.39, 0.29) is 10.5 Å². The molecule has 2 atom stereocenters. The lowest BCUT2D eigenvalue weighted by Crippen LogP contribution is -2.49. The van der Waals surface area contributed by atoms with E-state index in [1.165, 1.54) is 10.8 Å². The molecule has 0 spiro atoms. The fraction of sp³-hybridized carbons (Fsp3) is 0.375. The Kier molecular flexibility index (Phi) is 2.54. The predicted molar refractivity (Wildman–Crippen MR) is 55.7 cm³/mol. The Morgan fingerprint density at radius 1 is 1.50 bits per heavy atom. The molecule has 0 amide bonds. The van der Waals surface area contributed by atoms with Gasteiger partial charge >= 0.3 is 5.97 Å². The zero-order chi connectivity index (χ0) is 12.1. The highest BCUT2D eigenvalue weighted by atomic mass is 32.2. The van der Waals surface area contributed by atoms with Crippen molar-refractivity contribution < 1.29 is 23.4 Å². The van der Waals surface area contributed by atoms with E-state index in [4.69, 9.17) is 5.11 Å². The lowest BCUT2D eigenvalue weighted by Gasteiger charge is -2.32. The van der Waals surface area contributed by atoms with Gasteiger partial charge in [-0.1, -0.05) is 0 Å². The van der Waals surface area contributed by atoms with Crippen LogP contribution in [0.4, 0.5) is 0 Å². The third-order valence-electron chi connectivity index (χ3n) is 2.57. The van der Waals surface area contributed by atoms with Crippen LogP contribution in [0, 0.1) is 0 Å². The minimum atomic E-state index is -3.80. The van der Waals surface area contributed by atoms with Crippen LogP contribution in [0.15, 0.2) is 15.7 Å². The number of hydrogen-bond donors (Lipinski definition) is 2. The normalized spacial score (nSPS) is 28.6. The fourth-order valence-electron chi connectivity index (χ4n) is 1.68. The first-order valence-electron chi connectivity index (χ1n) is 4.32. The van der Waals surface area contributed by atoms with Gasteiger partial charge in [0.15, 0.2) is 6.04 Å². The maximum Gasteiger partial charge on any atom is 0.325 e. The van der Waals surface area contributed by atoms with Crippen LogP contribution >= 0.6 is 11.3 Å². The minimum Gasteiger partial charge on any atom is -0.480 e. The number of carboxylic acids is 1. The maximum absolute atomic E-state index is 11.9. The predicted octanol–water partition coefficient (Wildman–Crippen LogP) is -0.131. The van der Waals surface area contributed by atoms with E-state index in [2.05, 4.69) is 0 Å². The number of nitrogens with zero attached hydrogens (tertiary/aromatic N) is 1. The highest BCUT2D eigenvalue weighted by Gasteiger charge is 2.45. The molecule has 2 N–H and O–H groups in total. The van der Waals surface area contributed by atoms with Gasteiger partial charge in [0.2, 0.25) is 10.0 Å². The van der Waals surface area contributed by atoms with Crippen molar-refractivity contribution in [3.05, 3.63) is 16.3 Å². The molecule has 0 aliphatic carbocycles. The van der Waals surface area contributed by atoms with Crippen LogP contribution in [0.1, 0.15) is 11.7 Å². The van der Waals surface area contributed by atoms with E-state index >= 15 is 0 Å². The molecule has 6 nitrogen and oxygen atoms in total. The summed E-state index contributed by atoms with van der Waals surface area (Å²) < 4.78 is 24.5. The fourth-order valence-corrected chi connectivity index (χ4v) is 4.45. The lowest BCUT2D eigenvalue weighted by molar-refractivity contribution is -0.145. The zero-order valence-corrected chi connectivity index (χ0v) is 9.83. The van der Waals surface area contributed by atoms with E-state index in [0.717, 1.165) is 18.4 Å². The molecule has 88 valence electrons. The van der Waals surface area contributed by atoms with Crippen molar-refractivity contribution in [2.24, 2.45) is 0 Å². The first-order valence-corrected chi connectivity index (χ1v) is 6.70. The lowest BCUT2D eigenvalue weighted by atomic mass is 10.1. The largest absolute Gasteiger partial charge is 0.480 e. The number of aliphatic hydroxyl groups excluding tert-OH is 1. The number of carbonyl (C=O) groups is 1. The molecule has 1 aromatic heterocycles. The Morgan fingerprint density at radius 2 is 2.12 bits per heavy atom. The number of hydrogen-bond acceptors (Lipinski definition) is 5. The molecule has 0 aromatic carbocycles. The van der Waals surface area contributed by atoms with Crippen molar-refractivity contribution in [1.82, 2.24) is 4.31 Å². The van der Waals surface area contributed by atoms with E-state index < -0.39 is 28.1 Å². The van der Waals surface area contributed by atoms with E-state index in [1.54, 1.807) is 0 Å². The summed E-state index contributed by atoms with van der Waals surface area (Å²) >= 11 is 1.12. The third-order valence-corrected chi connectivity index (χ3v) is 5.38. The molecule has 0 saturated heterocycles. The Labute approximate surface area is 95.8 Å². The summed E-state index contributed by atoms with van der Waals surface area (Å²) in [5.74, 6) is -1.37. The van der Waals surface area contributed by atoms with Gasteiger partial charge in [0, 0.05) is 18.0 Å². The number of fused-ring (bicyclic) bond motifs is 1. The average molecular weight is 263 g/mol. The number of likely N-dealkylation sites (N-methyl/N-ethyl adjacent to an activating group) is 1. The summed E-state index contributed by atoms with van der Waals surface area (Å²) in [6.07, 6.45) is -1.33. The van der Waals surface area contributed by atoms with Crippen LogP contribution < -0.4 is 0 Å². The number of rotatable bonds is 1. The topological polar surface area (TPSA) is 94.9 Å². The molecule has 2 unspecified atom stereocenters. The zero-order valence-electron chi connectivity index (χ0n) is 8.19. The van der Waals surface area contributed by atoms with Gasteiger partial charge in [0.05, 0.1) is 4.90 Å². The molecule has 2 rings (SSSR count). The number of aliphatic carboxylic acids is 1. The number of sulfonamides is 1. The highest BCUT2D eigenvalue weighted by Crippen LogP contribution is 2.37. The molecule has 0 fully saturated rings. The van der Waals surface area contributed by atoms with E-state index in [1.807, 2.05) is 0 Å². The van der Waals surface area contributed by atoms with Crippen molar-refractivity contribution in [3.63, 3.8) is 0 Å². The molecule has 0 saturated carbocycles. The third kappa shape index (κ3) is 1.38. The Hall–Kier alpha value is -0.960. The molecule has 1 aromatic rings. The quantitative estimate of drug-likeness (QED) is 0.736. The monoisotopic (exact) mass is 263 g/mol. The van der Waals surface area contributed by atoms with Gasteiger partial charge in [-0.3, -0.25) is 4.79 Å². The van der Waals surface area contributed by atoms with Crippen molar-refractivity contribution >= 4 is 27.3 Å². The average Bonchev–Trinajstić information content (AvgIpc) is 2.64. The maximum atomic E-state index is 11.9.